The standard InChI is InChI=1S/C15H27N3S/c1-11(2)18(9-14-7-5-6-8-16-14)12(3)15-10-19-13(4)17-15/h10-12,14,16H,5-9H2,1-4H3. The minimum absolute atomic E-state index is 0.411. The molecule has 3 nitrogen and oxygen atoms in total. The third-order valence-corrected chi connectivity index (χ3v) is 4.86. The van der Waals surface area contributed by atoms with Crippen LogP contribution in [0.15, 0.2) is 5.38 Å². The second-order valence-corrected chi connectivity index (χ2v) is 6.97. The molecule has 19 heavy (non-hydrogen) atoms. The summed E-state index contributed by atoms with van der Waals surface area (Å²) >= 11 is 1.75. The molecule has 108 valence electrons. The Morgan fingerprint density at radius 1 is 1.42 bits per heavy atom. The molecule has 1 aliphatic rings. The van der Waals surface area contributed by atoms with Crippen molar-refractivity contribution in [2.24, 2.45) is 0 Å². The molecule has 2 atom stereocenters. The zero-order valence-electron chi connectivity index (χ0n) is 12.6. The minimum atomic E-state index is 0.411. The maximum absolute atomic E-state index is 4.66. The lowest BCUT2D eigenvalue weighted by atomic mass is 10.0. The molecule has 0 saturated carbocycles. The highest BCUT2D eigenvalue weighted by Crippen LogP contribution is 2.25. The Balaban J connectivity index is 2.02. The van der Waals surface area contributed by atoms with Crippen LogP contribution < -0.4 is 5.32 Å². The lowest BCUT2D eigenvalue weighted by Gasteiger charge is -2.36. The Labute approximate surface area is 121 Å². The van der Waals surface area contributed by atoms with Crippen molar-refractivity contribution in [3.05, 3.63) is 16.1 Å². The van der Waals surface area contributed by atoms with E-state index in [1.165, 1.54) is 36.5 Å². The van der Waals surface area contributed by atoms with E-state index in [0.29, 0.717) is 18.1 Å². The Kier molecular flexibility index (Phi) is 5.37. The molecule has 2 heterocycles. The number of aryl methyl sites for hydroxylation is 1. The van der Waals surface area contributed by atoms with Gasteiger partial charge in [0.15, 0.2) is 0 Å². The Morgan fingerprint density at radius 3 is 2.74 bits per heavy atom. The molecule has 1 N–H and O–H groups in total. The zero-order valence-corrected chi connectivity index (χ0v) is 13.5. The first-order chi connectivity index (χ1) is 9.08. The average molecular weight is 281 g/mol. The van der Waals surface area contributed by atoms with Crippen molar-refractivity contribution in [3.63, 3.8) is 0 Å². The van der Waals surface area contributed by atoms with Gasteiger partial charge in [-0.1, -0.05) is 6.42 Å². The van der Waals surface area contributed by atoms with Crippen LogP contribution in [0.5, 0.6) is 0 Å². The summed E-state index contributed by atoms with van der Waals surface area (Å²) in [5.41, 5.74) is 1.23. The highest BCUT2D eigenvalue weighted by atomic mass is 32.1. The van der Waals surface area contributed by atoms with Crippen LogP contribution in [0.25, 0.3) is 0 Å². The Bertz CT molecular complexity index is 382. The van der Waals surface area contributed by atoms with Crippen LogP contribution in [0.3, 0.4) is 0 Å². The number of nitrogens with zero attached hydrogens (tertiary/aromatic N) is 2. The molecule has 1 saturated heterocycles. The van der Waals surface area contributed by atoms with Crippen molar-refractivity contribution in [1.29, 1.82) is 0 Å². The normalized spacial score (nSPS) is 22.1. The average Bonchev–Trinajstić information content (AvgIpc) is 2.83. The third kappa shape index (κ3) is 4.01. The van der Waals surface area contributed by atoms with Gasteiger partial charge in [-0.25, -0.2) is 4.98 Å². The number of hydrogen-bond acceptors (Lipinski definition) is 4. The molecule has 0 aromatic carbocycles. The summed E-state index contributed by atoms with van der Waals surface area (Å²) < 4.78 is 0. The quantitative estimate of drug-likeness (QED) is 0.897. The van der Waals surface area contributed by atoms with E-state index >= 15 is 0 Å². The summed E-state index contributed by atoms with van der Waals surface area (Å²) in [6, 6.07) is 1.62. The Morgan fingerprint density at radius 2 is 2.21 bits per heavy atom. The summed E-state index contributed by atoms with van der Waals surface area (Å²) in [6.07, 6.45) is 4.01. The fourth-order valence-electron chi connectivity index (χ4n) is 2.89. The molecular weight excluding hydrogens is 254 g/mol. The van der Waals surface area contributed by atoms with Crippen LogP contribution in [-0.2, 0) is 0 Å². The fraction of sp³-hybridized carbons (Fsp3) is 0.800. The van der Waals surface area contributed by atoms with Gasteiger partial charge >= 0.3 is 0 Å². The molecule has 1 aliphatic heterocycles. The molecule has 2 unspecified atom stereocenters. The van der Waals surface area contributed by atoms with Gasteiger partial charge in [0.1, 0.15) is 0 Å². The predicted molar refractivity (Wildman–Crippen MR) is 82.7 cm³/mol. The van der Waals surface area contributed by atoms with E-state index < -0.39 is 0 Å². The van der Waals surface area contributed by atoms with Crippen LogP contribution in [0.2, 0.25) is 0 Å². The molecular formula is C15H27N3S. The van der Waals surface area contributed by atoms with Crippen LogP contribution in [-0.4, -0.2) is 35.1 Å². The monoisotopic (exact) mass is 281 g/mol. The van der Waals surface area contributed by atoms with Gasteiger partial charge in [-0.05, 0) is 47.1 Å². The molecule has 0 radical (unpaired) electrons. The summed E-state index contributed by atoms with van der Waals surface area (Å²) in [5.74, 6) is 0. The molecule has 2 rings (SSSR count). The fourth-order valence-corrected chi connectivity index (χ4v) is 3.59. The van der Waals surface area contributed by atoms with Crippen molar-refractivity contribution in [2.45, 2.75) is 65.1 Å². The van der Waals surface area contributed by atoms with E-state index in [4.69, 9.17) is 0 Å². The van der Waals surface area contributed by atoms with Gasteiger partial charge in [0.2, 0.25) is 0 Å². The van der Waals surface area contributed by atoms with Gasteiger partial charge in [-0.15, -0.1) is 11.3 Å². The van der Waals surface area contributed by atoms with E-state index in [1.54, 1.807) is 11.3 Å². The smallest absolute Gasteiger partial charge is 0.0898 e. The van der Waals surface area contributed by atoms with Gasteiger partial charge in [-0.3, -0.25) is 4.90 Å². The van der Waals surface area contributed by atoms with Gasteiger partial charge in [0.05, 0.1) is 16.7 Å². The number of hydrogen-bond donors (Lipinski definition) is 1. The second-order valence-electron chi connectivity index (χ2n) is 5.90. The van der Waals surface area contributed by atoms with E-state index in [2.05, 4.69) is 48.3 Å². The van der Waals surface area contributed by atoms with E-state index in [0.717, 1.165) is 6.54 Å². The lowest BCUT2D eigenvalue weighted by molar-refractivity contribution is 0.135. The first-order valence-electron chi connectivity index (χ1n) is 7.49. The molecule has 1 aromatic rings. The van der Waals surface area contributed by atoms with Gasteiger partial charge in [-0.2, -0.15) is 0 Å². The van der Waals surface area contributed by atoms with Gasteiger partial charge < -0.3 is 5.32 Å². The van der Waals surface area contributed by atoms with E-state index in [1.807, 2.05) is 0 Å². The van der Waals surface area contributed by atoms with Crippen LogP contribution in [0, 0.1) is 6.92 Å². The van der Waals surface area contributed by atoms with E-state index in [-0.39, 0.29) is 0 Å². The third-order valence-electron chi connectivity index (χ3n) is 4.07. The van der Waals surface area contributed by atoms with E-state index in [9.17, 15) is 0 Å². The minimum Gasteiger partial charge on any atom is -0.313 e. The Hall–Kier alpha value is -0.450. The summed E-state index contributed by atoms with van der Waals surface area (Å²) in [4.78, 5) is 7.24. The first kappa shape index (κ1) is 14.9. The van der Waals surface area contributed by atoms with Crippen molar-refractivity contribution in [2.75, 3.05) is 13.1 Å². The maximum atomic E-state index is 4.66. The number of nitrogens with one attached hydrogen (secondary N) is 1. The zero-order chi connectivity index (χ0) is 13.8. The predicted octanol–water partition coefficient (Wildman–Crippen LogP) is 3.37. The summed E-state index contributed by atoms with van der Waals surface area (Å²) in [6.45, 7) is 11.3. The second kappa shape index (κ2) is 6.82. The van der Waals surface area contributed by atoms with Crippen molar-refractivity contribution >= 4 is 11.3 Å². The number of rotatable bonds is 5. The molecule has 1 aromatic heterocycles. The lowest BCUT2D eigenvalue weighted by Crippen LogP contribution is -2.46. The summed E-state index contributed by atoms with van der Waals surface area (Å²) in [7, 11) is 0. The molecule has 0 spiro atoms. The van der Waals surface area contributed by atoms with Crippen LogP contribution >= 0.6 is 11.3 Å². The maximum Gasteiger partial charge on any atom is 0.0898 e. The number of aromatic nitrogens is 1. The van der Waals surface area contributed by atoms with Crippen LogP contribution in [0.1, 0.15) is 56.8 Å². The first-order valence-corrected chi connectivity index (χ1v) is 8.37. The SMILES string of the molecule is Cc1nc(C(C)N(CC2CCCCN2)C(C)C)cs1. The van der Waals surface area contributed by atoms with Crippen molar-refractivity contribution < 1.29 is 0 Å². The topological polar surface area (TPSA) is 28.2 Å². The molecule has 1 fully saturated rings. The van der Waals surface area contributed by atoms with Crippen LogP contribution in [0.4, 0.5) is 0 Å². The molecule has 0 aliphatic carbocycles. The molecule has 4 heteroatoms. The van der Waals surface area contributed by atoms with Crippen molar-refractivity contribution in [3.8, 4) is 0 Å². The molecule has 0 amide bonds. The van der Waals surface area contributed by atoms with Gasteiger partial charge in [0, 0.05) is 24.0 Å². The molecule has 0 bridgehead atoms. The summed E-state index contributed by atoms with van der Waals surface area (Å²) in [5, 5.41) is 7.04. The highest BCUT2D eigenvalue weighted by molar-refractivity contribution is 7.09. The number of thiazole rings is 1. The number of piperidine rings is 1. The largest absolute Gasteiger partial charge is 0.313 e. The van der Waals surface area contributed by atoms with Gasteiger partial charge in [0.25, 0.3) is 0 Å². The highest BCUT2D eigenvalue weighted by Gasteiger charge is 2.24. The van der Waals surface area contributed by atoms with Crippen molar-refractivity contribution in [1.82, 2.24) is 15.2 Å².